The van der Waals surface area contributed by atoms with Gasteiger partial charge in [-0.25, -0.2) is 4.98 Å². The summed E-state index contributed by atoms with van der Waals surface area (Å²) in [5, 5.41) is 0. The van der Waals surface area contributed by atoms with Crippen molar-refractivity contribution < 1.29 is 4.79 Å². The van der Waals surface area contributed by atoms with Gasteiger partial charge in [0.15, 0.2) is 0 Å². The van der Waals surface area contributed by atoms with Gasteiger partial charge in [-0.1, -0.05) is 24.3 Å². The fraction of sp³-hybridized carbons (Fsp3) is 0.400. The molecule has 0 spiro atoms. The molecule has 1 saturated heterocycles. The Labute approximate surface area is 144 Å². The van der Waals surface area contributed by atoms with E-state index in [2.05, 4.69) is 36.2 Å². The standard InChI is InChI=1S/C20H25N3O/c1-15-7-4-5-9-18(15)17-8-6-12-23(14-17)20(24)16-10-11-21-19(13-16)22(2)3/h4-5,7,9-11,13,17H,6,8,12,14H2,1-3H3/t17-/m1/s1. The van der Waals surface area contributed by atoms with Crippen LogP contribution in [0, 0.1) is 6.92 Å². The van der Waals surface area contributed by atoms with Crippen LogP contribution in [-0.2, 0) is 0 Å². The minimum atomic E-state index is 0.110. The van der Waals surface area contributed by atoms with Crippen LogP contribution in [0.3, 0.4) is 0 Å². The fourth-order valence-corrected chi connectivity index (χ4v) is 3.44. The molecule has 1 amide bonds. The van der Waals surface area contributed by atoms with Gasteiger partial charge in [0.05, 0.1) is 0 Å². The summed E-state index contributed by atoms with van der Waals surface area (Å²) in [5.41, 5.74) is 3.41. The smallest absolute Gasteiger partial charge is 0.254 e. The van der Waals surface area contributed by atoms with Gasteiger partial charge >= 0.3 is 0 Å². The van der Waals surface area contributed by atoms with Crippen molar-refractivity contribution in [3.63, 3.8) is 0 Å². The summed E-state index contributed by atoms with van der Waals surface area (Å²) in [4.78, 5) is 21.1. The summed E-state index contributed by atoms with van der Waals surface area (Å²) in [5.74, 6) is 1.35. The van der Waals surface area contributed by atoms with Crippen LogP contribution in [0.4, 0.5) is 5.82 Å². The third-order valence-corrected chi connectivity index (χ3v) is 4.79. The monoisotopic (exact) mass is 323 g/mol. The topological polar surface area (TPSA) is 36.4 Å². The van der Waals surface area contributed by atoms with Crippen LogP contribution in [0.15, 0.2) is 42.6 Å². The van der Waals surface area contributed by atoms with E-state index in [-0.39, 0.29) is 5.91 Å². The highest BCUT2D eigenvalue weighted by atomic mass is 16.2. The summed E-state index contributed by atoms with van der Waals surface area (Å²) < 4.78 is 0. The molecule has 0 radical (unpaired) electrons. The molecule has 0 unspecified atom stereocenters. The molecule has 2 heterocycles. The molecule has 1 aromatic carbocycles. The average molecular weight is 323 g/mol. The number of aryl methyl sites for hydroxylation is 1. The van der Waals surface area contributed by atoms with Crippen LogP contribution < -0.4 is 4.90 Å². The predicted molar refractivity (Wildman–Crippen MR) is 97.6 cm³/mol. The number of hydrogen-bond acceptors (Lipinski definition) is 3. The molecular formula is C20H25N3O. The second-order valence-electron chi connectivity index (χ2n) is 6.74. The molecule has 1 fully saturated rings. The Balaban J connectivity index is 1.78. The third kappa shape index (κ3) is 3.42. The lowest BCUT2D eigenvalue weighted by Gasteiger charge is -2.34. The second kappa shape index (κ2) is 7.04. The molecule has 126 valence electrons. The van der Waals surface area contributed by atoms with Crippen molar-refractivity contribution in [2.45, 2.75) is 25.7 Å². The molecular weight excluding hydrogens is 298 g/mol. The predicted octanol–water partition coefficient (Wildman–Crippen LogP) is 3.48. The first kappa shape index (κ1) is 16.5. The number of carbonyl (C=O) groups is 1. The van der Waals surface area contributed by atoms with E-state index in [1.54, 1.807) is 6.20 Å². The van der Waals surface area contributed by atoms with Crippen LogP contribution in [-0.4, -0.2) is 43.0 Å². The first-order valence-electron chi connectivity index (χ1n) is 8.54. The first-order valence-corrected chi connectivity index (χ1v) is 8.54. The third-order valence-electron chi connectivity index (χ3n) is 4.79. The number of rotatable bonds is 3. The molecule has 0 saturated carbocycles. The minimum Gasteiger partial charge on any atom is -0.363 e. The highest BCUT2D eigenvalue weighted by Crippen LogP contribution is 2.29. The van der Waals surface area contributed by atoms with Gasteiger partial charge in [-0.2, -0.15) is 0 Å². The van der Waals surface area contributed by atoms with Crippen molar-refractivity contribution >= 4 is 11.7 Å². The zero-order valence-corrected chi connectivity index (χ0v) is 14.7. The molecule has 1 aromatic heterocycles. The molecule has 24 heavy (non-hydrogen) atoms. The zero-order chi connectivity index (χ0) is 17.1. The van der Waals surface area contributed by atoms with Crippen molar-refractivity contribution in [2.75, 3.05) is 32.1 Å². The minimum absolute atomic E-state index is 0.110. The SMILES string of the molecule is Cc1ccccc1[C@@H]1CCCN(C(=O)c2ccnc(N(C)C)c2)C1. The van der Waals surface area contributed by atoms with E-state index < -0.39 is 0 Å². The maximum atomic E-state index is 12.9. The summed E-state index contributed by atoms with van der Waals surface area (Å²) >= 11 is 0. The molecule has 1 aliphatic heterocycles. The Kier molecular flexibility index (Phi) is 4.84. The van der Waals surface area contributed by atoms with E-state index in [0.717, 1.165) is 37.3 Å². The van der Waals surface area contributed by atoms with Crippen LogP contribution in [0.2, 0.25) is 0 Å². The quantitative estimate of drug-likeness (QED) is 0.868. The number of aromatic nitrogens is 1. The largest absolute Gasteiger partial charge is 0.363 e. The molecule has 1 atom stereocenters. The molecule has 3 rings (SSSR count). The van der Waals surface area contributed by atoms with Crippen molar-refractivity contribution in [3.8, 4) is 0 Å². The number of piperidine rings is 1. The zero-order valence-electron chi connectivity index (χ0n) is 14.7. The van der Waals surface area contributed by atoms with Gasteiger partial charge in [-0.05, 0) is 43.0 Å². The average Bonchev–Trinajstić information content (AvgIpc) is 2.61. The highest BCUT2D eigenvalue weighted by Gasteiger charge is 2.26. The first-order chi connectivity index (χ1) is 11.6. The summed E-state index contributed by atoms with van der Waals surface area (Å²) in [6.45, 7) is 3.78. The lowest BCUT2D eigenvalue weighted by atomic mass is 9.88. The summed E-state index contributed by atoms with van der Waals surface area (Å²) in [7, 11) is 3.87. The molecule has 0 aliphatic carbocycles. The molecule has 4 nitrogen and oxygen atoms in total. The number of hydrogen-bond donors (Lipinski definition) is 0. The Morgan fingerprint density at radius 2 is 2.04 bits per heavy atom. The highest BCUT2D eigenvalue weighted by molar-refractivity contribution is 5.95. The number of anilines is 1. The van der Waals surface area contributed by atoms with E-state index in [1.807, 2.05) is 36.0 Å². The summed E-state index contributed by atoms with van der Waals surface area (Å²) in [6.07, 6.45) is 3.91. The van der Waals surface area contributed by atoms with Gasteiger partial charge < -0.3 is 9.80 Å². The van der Waals surface area contributed by atoms with Gasteiger partial charge in [0, 0.05) is 44.9 Å². The molecule has 2 aromatic rings. The van der Waals surface area contributed by atoms with E-state index >= 15 is 0 Å². The lowest BCUT2D eigenvalue weighted by molar-refractivity contribution is 0.0707. The van der Waals surface area contributed by atoms with Gasteiger partial charge in [0.2, 0.25) is 0 Å². The van der Waals surface area contributed by atoms with E-state index in [9.17, 15) is 4.79 Å². The number of nitrogens with zero attached hydrogens (tertiary/aromatic N) is 3. The lowest BCUT2D eigenvalue weighted by Crippen LogP contribution is -2.39. The number of likely N-dealkylation sites (tertiary alicyclic amines) is 1. The Hall–Kier alpha value is -2.36. The maximum absolute atomic E-state index is 12.9. The molecule has 4 heteroatoms. The normalized spacial score (nSPS) is 17.6. The van der Waals surface area contributed by atoms with E-state index in [4.69, 9.17) is 0 Å². The van der Waals surface area contributed by atoms with Gasteiger partial charge in [-0.3, -0.25) is 4.79 Å². The van der Waals surface area contributed by atoms with Crippen molar-refractivity contribution in [2.24, 2.45) is 0 Å². The molecule has 0 bridgehead atoms. The van der Waals surface area contributed by atoms with E-state index in [1.165, 1.54) is 11.1 Å². The Morgan fingerprint density at radius 1 is 1.25 bits per heavy atom. The van der Waals surface area contributed by atoms with Crippen LogP contribution >= 0.6 is 0 Å². The van der Waals surface area contributed by atoms with Crippen LogP contribution in [0.1, 0.15) is 40.2 Å². The van der Waals surface area contributed by atoms with Gasteiger partial charge in [0.1, 0.15) is 5.82 Å². The number of carbonyl (C=O) groups excluding carboxylic acids is 1. The van der Waals surface area contributed by atoms with Gasteiger partial charge in [0.25, 0.3) is 5.91 Å². The molecule has 1 aliphatic rings. The maximum Gasteiger partial charge on any atom is 0.254 e. The van der Waals surface area contributed by atoms with Crippen molar-refractivity contribution in [3.05, 3.63) is 59.3 Å². The van der Waals surface area contributed by atoms with E-state index in [0.29, 0.717) is 5.92 Å². The van der Waals surface area contributed by atoms with Crippen LogP contribution in [0.5, 0.6) is 0 Å². The summed E-state index contributed by atoms with van der Waals surface area (Å²) in [6, 6.07) is 12.2. The Bertz CT molecular complexity index is 726. The molecule has 0 N–H and O–H groups in total. The fourth-order valence-electron chi connectivity index (χ4n) is 3.44. The van der Waals surface area contributed by atoms with Crippen molar-refractivity contribution in [1.82, 2.24) is 9.88 Å². The second-order valence-corrected chi connectivity index (χ2v) is 6.74. The van der Waals surface area contributed by atoms with Crippen molar-refractivity contribution in [1.29, 1.82) is 0 Å². The Morgan fingerprint density at radius 3 is 2.79 bits per heavy atom. The van der Waals surface area contributed by atoms with Gasteiger partial charge in [-0.15, -0.1) is 0 Å². The number of amides is 1. The van der Waals surface area contributed by atoms with Crippen LogP contribution in [0.25, 0.3) is 0 Å². The number of benzene rings is 1. The number of pyridine rings is 1.